The van der Waals surface area contributed by atoms with Crippen LogP contribution in [0.4, 0.5) is 0 Å². The molecule has 0 radical (unpaired) electrons. The van der Waals surface area contributed by atoms with Crippen LogP contribution < -0.4 is 0 Å². The normalized spacial score (nSPS) is 17.5. The smallest absolute Gasteiger partial charge is 0.109 e. The topological polar surface area (TPSA) is 3.24 Å². The van der Waals surface area contributed by atoms with Crippen molar-refractivity contribution >= 4 is 33.1 Å². The predicted molar refractivity (Wildman–Crippen MR) is 75.8 cm³/mol. The van der Waals surface area contributed by atoms with E-state index in [0.29, 0.717) is 0 Å². The molecule has 0 N–H and O–H groups in total. The summed E-state index contributed by atoms with van der Waals surface area (Å²) in [4.78, 5) is 3.32. The van der Waals surface area contributed by atoms with Gasteiger partial charge in [-0.1, -0.05) is 47.2 Å². The fraction of sp³-hybridized carbons (Fsp3) is 0.462. The summed E-state index contributed by atoms with van der Waals surface area (Å²) in [6, 6.07) is 8.26. The van der Waals surface area contributed by atoms with Gasteiger partial charge in [-0.05, 0) is 30.9 Å². The van der Waals surface area contributed by atoms with Gasteiger partial charge in [-0.25, -0.2) is 0 Å². The minimum Gasteiger partial charge on any atom is -0.362 e. The number of halogens is 1. The lowest BCUT2D eigenvalue weighted by atomic mass is 9.99. The molecule has 86 valence electrons. The average molecular weight is 298 g/mol. The fourth-order valence-electron chi connectivity index (χ4n) is 2.02. The van der Waals surface area contributed by atoms with Crippen molar-refractivity contribution in [3.05, 3.63) is 34.3 Å². The molecule has 0 amide bonds. The van der Waals surface area contributed by atoms with Crippen LogP contribution in [0.3, 0.4) is 0 Å². The van der Waals surface area contributed by atoms with Crippen LogP contribution in [-0.4, -0.2) is 23.0 Å². The molecule has 2 rings (SSSR count). The minimum atomic E-state index is 0.849. The van der Waals surface area contributed by atoms with Gasteiger partial charge in [0.2, 0.25) is 0 Å². The van der Waals surface area contributed by atoms with Crippen molar-refractivity contribution < 1.29 is 0 Å². The van der Waals surface area contributed by atoms with E-state index in [9.17, 15) is 0 Å². The van der Waals surface area contributed by atoms with Gasteiger partial charge >= 0.3 is 0 Å². The van der Waals surface area contributed by atoms with Gasteiger partial charge in [-0.15, -0.1) is 0 Å². The maximum Gasteiger partial charge on any atom is 0.109 e. The monoisotopic (exact) mass is 297 g/mol. The first-order chi connectivity index (χ1) is 7.66. The molecule has 1 fully saturated rings. The van der Waals surface area contributed by atoms with E-state index < -0.39 is 0 Å². The second-order valence-corrected chi connectivity index (χ2v) is 5.79. The second kappa shape index (κ2) is 5.28. The molecule has 1 aliphatic heterocycles. The summed E-state index contributed by atoms with van der Waals surface area (Å²) in [5.41, 5.74) is 1.15. The maximum absolute atomic E-state index is 5.54. The van der Waals surface area contributed by atoms with Crippen molar-refractivity contribution in [1.82, 2.24) is 4.90 Å². The number of piperidine rings is 1. The van der Waals surface area contributed by atoms with E-state index in [1.165, 1.54) is 12.8 Å². The molecule has 0 bridgehead atoms. The number of rotatable bonds is 1. The molecule has 1 aromatic carbocycles. The van der Waals surface area contributed by atoms with Crippen molar-refractivity contribution in [3.8, 4) is 0 Å². The van der Waals surface area contributed by atoms with Crippen LogP contribution in [0.15, 0.2) is 28.7 Å². The Bertz CT molecular complexity index is 383. The van der Waals surface area contributed by atoms with E-state index >= 15 is 0 Å². The van der Waals surface area contributed by atoms with Crippen LogP contribution in [-0.2, 0) is 0 Å². The molecule has 1 aromatic rings. The molecule has 3 heteroatoms. The molecule has 0 aliphatic carbocycles. The third kappa shape index (κ3) is 2.83. The zero-order chi connectivity index (χ0) is 11.5. The van der Waals surface area contributed by atoms with Gasteiger partial charge in [0, 0.05) is 23.1 Å². The van der Waals surface area contributed by atoms with Crippen LogP contribution in [0.2, 0.25) is 0 Å². The third-order valence-corrected chi connectivity index (χ3v) is 4.13. The Morgan fingerprint density at radius 3 is 2.69 bits per heavy atom. The quantitative estimate of drug-likeness (QED) is 0.724. The summed E-state index contributed by atoms with van der Waals surface area (Å²) in [5.74, 6) is 0.849. The molecule has 1 saturated heterocycles. The Hall–Kier alpha value is -0.410. The zero-order valence-corrected chi connectivity index (χ0v) is 11.9. The zero-order valence-electron chi connectivity index (χ0n) is 9.45. The second-order valence-electron chi connectivity index (χ2n) is 4.49. The van der Waals surface area contributed by atoms with E-state index in [1.54, 1.807) is 0 Å². The average Bonchev–Trinajstić information content (AvgIpc) is 2.29. The summed E-state index contributed by atoms with van der Waals surface area (Å²) < 4.78 is 1.10. The number of hydrogen-bond acceptors (Lipinski definition) is 1. The largest absolute Gasteiger partial charge is 0.362 e. The van der Waals surface area contributed by atoms with E-state index in [0.717, 1.165) is 34.0 Å². The molecule has 0 saturated carbocycles. The van der Waals surface area contributed by atoms with Gasteiger partial charge in [-0.2, -0.15) is 0 Å². The lowest BCUT2D eigenvalue weighted by Crippen LogP contribution is -2.37. The van der Waals surface area contributed by atoms with E-state index in [4.69, 9.17) is 12.2 Å². The Labute approximate surface area is 111 Å². The van der Waals surface area contributed by atoms with Crippen LogP contribution >= 0.6 is 28.1 Å². The standard InChI is InChI=1S/C13H16BrNS/c1-10-5-7-15(8-6-10)13(16)11-3-2-4-12(14)9-11/h2-4,9-10H,5-8H2,1H3. The predicted octanol–water partition coefficient (Wildman–Crippen LogP) is 3.86. The van der Waals surface area contributed by atoms with Gasteiger partial charge in [-0.3, -0.25) is 0 Å². The van der Waals surface area contributed by atoms with Gasteiger partial charge < -0.3 is 4.90 Å². The number of nitrogens with zero attached hydrogens (tertiary/aromatic N) is 1. The van der Waals surface area contributed by atoms with E-state index in [2.05, 4.69) is 39.9 Å². The summed E-state index contributed by atoms with van der Waals surface area (Å²) >= 11 is 9.03. The number of thiocarbonyl (C=S) groups is 1. The van der Waals surface area contributed by atoms with Crippen molar-refractivity contribution in [3.63, 3.8) is 0 Å². The highest BCUT2D eigenvalue weighted by Crippen LogP contribution is 2.20. The summed E-state index contributed by atoms with van der Waals surface area (Å²) in [7, 11) is 0. The Morgan fingerprint density at radius 1 is 1.38 bits per heavy atom. The Kier molecular flexibility index (Phi) is 3.98. The fourth-order valence-corrected chi connectivity index (χ4v) is 2.72. The minimum absolute atomic E-state index is 0.849. The maximum atomic E-state index is 5.54. The van der Waals surface area contributed by atoms with Crippen LogP contribution in [0, 0.1) is 5.92 Å². The van der Waals surface area contributed by atoms with Crippen molar-refractivity contribution in [2.75, 3.05) is 13.1 Å². The molecule has 16 heavy (non-hydrogen) atoms. The Morgan fingerprint density at radius 2 is 2.06 bits per heavy atom. The van der Waals surface area contributed by atoms with Crippen LogP contribution in [0.1, 0.15) is 25.3 Å². The molecule has 1 nitrogen and oxygen atoms in total. The number of hydrogen-bond donors (Lipinski definition) is 0. The first-order valence-corrected chi connectivity index (χ1v) is 6.92. The molecular formula is C13H16BrNS. The molecular weight excluding hydrogens is 282 g/mol. The third-order valence-electron chi connectivity index (χ3n) is 3.14. The highest BCUT2D eigenvalue weighted by Gasteiger charge is 2.18. The summed E-state index contributed by atoms with van der Waals surface area (Å²) in [6.07, 6.45) is 2.52. The van der Waals surface area contributed by atoms with Crippen molar-refractivity contribution in [2.45, 2.75) is 19.8 Å². The van der Waals surface area contributed by atoms with Crippen LogP contribution in [0.25, 0.3) is 0 Å². The summed E-state index contributed by atoms with van der Waals surface area (Å²) in [5, 5.41) is 0. The van der Waals surface area contributed by atoms with Gasteiger partial charge in [0.15, 0.2) is 0 Å². The van der Waals surface area contributed by atoms with E-state index in [-0.39, 0.29) is 0 Å². The lowest BCUT2D eigenvalue weighted by molar-refractivity contribution is 0.284. The van der Waals surface area contributed by atoms with Crippen LogP contribution in [0.5, 0.6) is 0 Å². The molecule has 0 aromatic heterocycles. The molecule has 0 spiro atoms. The van der Waals surface area contributed by atoms with E-state index in [1.807, 2.05) is 12.1 Å². The highest BCUT2D eigenvalue weighted by atomic mass is 79.9. The van der Waals surface area contributed by atoms with Gasteiger partial charge in [0.05, 0.1) is 0 Å². The lowest BCUT2D eigenvalue weighted by Gasteiger charge is -2.32. The van der Waals surface area contributed by atoms with Gasteiger partial charge in [0.25, 0.3) is 0 Å². The SMILES string of the molecule is CC1CCN(C(=S)c2cccc(Br)c2)CC1. The Balaban J connectivity index is 2.08. The molecule has 1 heterocycles. The molecule has 1 aliphatic rings. The molecule has 0 unspecified atom stereocenters. The summed E-state index contributed by atoms with van der Waals surface area (Å²) in [6.45, 7) is 4.53. The number of likely N-dealkylation sites (tertiary alicyclic amines) is 1. The highest BCUT2D eigenvalue weighted by molar-refractivity contribution is 9.10. The van der Waals surface area contributed by atoms with Crippen molar-refractivity contribution in [2.24, 2.45) is 5.92 Å². The number of benzene rings is 1. The van der Waals surface area contributed by atoms with Crippen molar-refractivity contribution in [1.29, 1.82) is 0 Å². The van der Waals surface area contributed by atoms with Gasteiger partial charge in [0.1, 0.15) is 4.99 Å². The first kappa shape index (κ1) is 12.1. The molecule has 0 atom stereocenters. The first-order valence-electron chi connectivity index (χ1n) is 5.71.